The number of hydrogen-bond donors (Lipinski definition) is 2. The van der Waals surface area contributed by atoms with E-state index < -0.39 is 11.7 Å². The Morgan fingerprint density at radius 1 is 1.32 bits per heavy atom. The van der Waals surface area contributed by atoms with E-state index in [0.717, 1.165) is 12.0 Å². The van der Waals surface area contributed by atoms with Gasteiger partial charge in [-0.3, -0.25) is 5.32 Å². The smallest absolute Gasteiger partial charge is 0.412 e. The van der Waals surface area contributed by atoms with Crippen LogP contribution in [0.4, 0.5) is 10.5 Å². The van der Waals surface area contributed by atoms with Gasteiger partial charge in [0, 0.05) is 17.3 Å². The lowest BCUT2D eigenvalue weighted by molar-refractivity contribution is 0.0636. The predicted molar refractivity (Wildman–Crippen MR) is 87.1 cm³/mol. The van der Waals surface area contributed by atoms with Crippen LogP contribution in [0.3, 0.4) is 0 Å². The summed E-state index contributed by atoms with van der Waals surface area (Å²) in [7, 11) is 1.61. The summed E-state index contributed by atoms with van der Waals surface area (Å²) in [6.45, 7) is 9.75. The van der Waals surface area contributed by atoms with Crippen LogP contribution < -0.4 is 15.8 Å². The minimum atomic E-state index is -0.534. The van der Waals surface area contributed by atoms with E-state index in [1.165, 1.54) is 0 Å². The molecule has 0 spiro atoms. The summed E-state index contributed by atoms with van der Waals surface area (Å²) in [5.74, 6) is 0.682. The minimum Gasteiger partial charge on any atom is -0.496 e. The number of carbonyl (C=O) groups is 1. The molecule has 0 radical (unpaired) electrons. The van der Waals surface area contributed by atoms with E-state index in [-0.39, 0.29) is 11.0 Å². The second-order valence-electron chi connectivity index (χ2n) is 7.57. The van der Waals surface area contributed by atoms with Crippen molar-refractivity contribution in [3.8, 4) is 5.75 Å². The molecule has 0 saturated heterocycles. The summed E-state index contributed by atoms with van der Waals surface area (Å²) >= 11 is 0. The molecule has 1 amide bonds. The molecule has 1 aliphatic rings. The molecule has 0 heterocycles. The fourth-order valence-electron chi connectivity index (χ4n) is 2.67. The maximum Gasteiger partial charge on any atom is 0.412 e. The molecule has 1 aromatic carbocycles. The molecule has 122 valence electrons. The number of rotatable bonds is 3. The Kier molecular flexibility index (Phi) is 3.90. The zero-order chi connectivity index (χ0) is 16.8. The van der Waals surface area contributed by atoms with Crippen LogP contribution >= 0.6 is 0 Å². The molecule has 0 aromatic heterocycles. The van der Waals surface area contributed by atoms with Crippen molar-refractivity contribution < 1.29 is 14.3 Å². The number of benzene rings is 1. The molecule has 1 aliphatic carbocycles. The third kappa shape index (κ3) is 3.19. The third-order valence-corrected chi connectivity index (χ3v) is 4.13. The number of methoxy groups -OCH3 is 1. The van der Waals surface area contributed by atoms with Gasteiger partial charge >= 0.3 is 6.09 Å². The molecule has 0 bridgehead atoms. The highest BCUT2D eigenvalue weighted by molar-refractivity contribution is 5.85. The van der Waals surface area contributed by atoms with Crippen LogP contribution in [0.25, 0.3) is 0 Å². The number of nitrogens with one attached hydrogen (secondary N) is 1. The van der Waals surface area contributed by atoms with Crippen molar-refractivity contribution in [3.63, 3.8) is 0 Å². The number of nitrogens with two attached hydrogens (primary N) is 1. The van der Waals surface area contributed by atoms with Crippen molar-refractivity contribution in [2.75, 3.05) is 12.4 Å². The van der Waals surface area contributed by atoms with E-state index in [2.05, 4.69) is 19.2 Å². The quantitative estimate of drug-likeness (QED) is 0.894. The monoisotopic (exact) mass is 306 g/mol. The Morgan fingerprint density at radius 2 is 1.91 bits per heavy atom. The molecule has 1 fully saturated rings. The average molecular weight is 306 g/mol. The first-order chi connectivity index (χ1) is 9.98. The van der Waals surface area contributed by atoms with Crippen LogP contribution in [0.2, 0.25) is 0 Å². The van der Waals surface area contributed by atoms with Crippen LogP contribution in [-0.4, -0.2) is 18.8 Å². The van der Waals surface area contributed by atoms with Crippen molar-refractivity contribution in [2.24, 2.45) is 11.1 Å². The average Bonchev–Trinajstić information content (AvgIpc) is 2.86. The Balaban J connectivity index is 2.19. The first kappa shape index (κ1) is 16.6. The number of hydrogen-bond acceptors (Lipinski definition) is 4. The minimum absolute atomic E-state index is 0.0559. The Morgan fingerprint density at radius 3 is 2.36 bits per heavy atom. The molecule has 1 aromatic rings. The standard InChI is InChI=1S/C17H26N2O3/c1-15(2,3)22-14(20)19-11-7-8-12(13(9-11)21-6)17(18)10-16(17,4)5/h7-9H,10,18H2,1-6H3,(H,19,20). The largest absolute Gasteiger partial charge is 0.496 e. The summed E-state index contributed by atoms with van der Waals surface area (Å²) in [4.78, 5) is 11.8. The summed E-state index contributed by atoms with van der Waals surface area (Å²) in [6, 6.07) is 5.52. The number of anilines is 1. The highest BCUT2D eigenvalue weighted by atomic mass is 16.6. The second-order valence-corrected chi connectivity index (χ2v) is 7.57. The molecule has 2 rings (SSSR count). The topological polar surface area (TPSA) is 73.6 Å². The summed E-state index contributed by atoms with van der Waals surface area (Å²) < 4.78 is 10.7. The zero-order valence-electron chi connectivity index (χ0n) is 14.2. The van der Waals surface area contributed by atoms with Crippen molar-refractivity contribution in [1.29, 1.82) is 0 Å². The Hall–Kier alpha value is -1.75. The van der Waals surface area contributed by atoms with Gasteiger partial charge in [-0.2, -0.15) is 0 Å². The van der Waals surface area contributed by atoms with Crippen LogP contribution in [-0.2, 0) is 10.3 Å². The van der Waals surface area contributed by atoms with Gasteiger partial charge in [0.05, 0.1) is 12.6 Å². The van der Waals surface area contributed by atoms with Crippen molar-refractivity contribution in [1.82, 2.24) is 0 Å². The lowest BCUT2D eigenvalue weighted by atomic mass is 9.96. The SMILES string of the molecule is COc1cc(NC(=O)OC(C)(C)C)ccc1C1(N)CC1(C)C. The Labute approximate surface area is 132 Å². The first-order valence-electron chi connectivity index (χ1n) is 7.46. The molecular formula is C17H26N2O3. The number of amides is 1. The van der Waals surface area contributed by atoms with Crippen LogP contribution in [0.1, 0.15) is 46.6 Å². The Bertz CT molecular complexity index is 590. The van der Waals surface area contributed by atoms with E-state index in [1.54, 1.807) is 13.2 Å². The zero-order valence-corrected chi connectivity index (χ0v) is 14.2. The lowest BCUT2D eigenvalue weighted by Gasteiger charge is -2.21. The molecule has 1 atom stereocenters. The normalized spacial score (nSPS) is 22.9. The third-order valence-electron chi connectivity index (χ3n) is 4.13. The van der Waals surface area contributed by atoms with Crippen molar-refractivity contribution in [2.45, 2.75) is 52.2 Å². The maximum atomic E-state index is 11.8. The van der Waals surface area contributed by atoms with Crippen LogP contribution in [0.5, 0.6) is 5.75 Å². The van der Waals surface area contributed by atoms with E-state index in [0.29, 0.717) is 11.4 Å². The molecule has 1 unspecified atom stereocenters. The molecule has 22 heavy (non-hydrogen) atoms. The van der Waals surface area contributed by atoms with Crippen molar-refractivity contribution in [3.05, 3.63) is 23.8 Å². The van der Waals surface area contributed by atoms with Gasteiger partial charge in [0.25, 0.3) is 0 Å². The summed E-state index contributed by atoms with van der Waals surface area (Å²) in [6.07, 6.45) is 0.423. The van der Waals surface area contributed by atoms with Gasteiger partial charge in [0.2, 0.25) is 0 Å². The molecule has 3 N–H and O–H groups in total. The summed E-state index contributed by atoms with van der Waals surface area (Å²) in [5, 5.41) is 2.71. The van der Waals surface area contributed by atoms with Gasteiger partial charge in [-0.1, -0.05) is 19.9 Å². The highest BCUT2D eigenvalue weighted by Crippen LogP contribution is 2.62. The van der Waals surface area contributed by atoms with Crippen molar-refractivity contribution >= 4 is 11.8 Å². The molecular weight excluding hydrogens is 280 g/mol. The van der Waals surface area contributed by atoms with Gasteiger partial charge in [-0.25, -0.2) is 4.79 Å². The van der Waals surface area contributed by atoms with Gasteiger partial charge < -0.3 is 15.2 Å². The maximum absolute atomic E-state index is 11.8. The fraction of sp³-hybridized carbons (Fsp3) is 0.588. The molecule has 0 aliphatic heterocycles. The van der Waals surface area contributed by atoms with E-state index in [9.17, 15) is 4.79 Å². The lowest BCUT2D eigenvalue weighted by Crippen LogP contribution is -2.28. The highest BCUT2D eigenvalue weighted by Gasteiger charge is 2.60. The van der Waals surface area contributed by atoms with Gasteiger partial charge in [0.1, 0.15) is 11.4 Å². The summed E-state index contributed by atoms with van der Waals surface area (Å²) in [5.41, 5.74) is 7.20. The van der Waals surface area contributed by atoms with Crippen LogP contribution in [0, 0.1) is 5.41 Å². The molecule has 5 nitrogen and oxygen atoms in total. The molecule has 5 heteroatoms. The molecule has 1 saturated carbocycles. The van der Waals surface area contributed by atoms with E-state index in [4.69, 9.17) is 15.2 Å². The number of carbonyl (C=O) groups excluding carboxylic acids is 1. The first-order valence-corrected chi connectivity index (χ1v) is 7.46. The second kappa shape index (κ2) is 5.16. The van der Waals surface area contributed by atoms with E-state index in [1.807, 2.05) is 32.9 Å². The van der Waals surface area contributed by atoms with Gasteiger partial charge in [-0.05, 0) is 38.7 Å². The fourth-order valence-corrected chi connectivity index (χ4v) is 2.67. The van der Waals surface area contributed by atoms with E-state index >= 15 is 0 Å². The van der Waals surface area contributed by atoms with Crippen LogP contribution in [0.15, 0.2) is 18.2 Å². The number of ether oxygens (including phenoxy) is 2. The van der Waals surface area contributed by atoms with Gasteiger partial charge in [0.15, 0.2) is 0 Å². The van der Waals surface area contributed by atoms with Gasteiger partial charge in [-0.15, -0.1) is 0 Å². The predicted octanol–water partition coefficient (Wildman–Crippen LogP) is 3.63.